The Bertz CT molecular complexity index is 748. The van der Waals surface area contributed by atoms with Gasteiger partial charge in [0.2, 0.25) is 10.0 Å². The van der Waals surface area contributed by atoms with Crippen molar-refractivity contribution in [1.29, 1.82) is 0 Å². The molecular weight excluding hydrogens is 338 g/mol. The lowest BCUT2D eigenvalue weighted by atomic mass is 10.2. The van der Waals surface area contributed by atoms with Crippen LogP contribution in [0, 0.1) is 6.92 Å². The first-order chi connectivity index (χ1) is 9.61. The molecule has 0 bridgehead atoms. The maximum Gasteiger partial charge on any atom is 0.346 e. The summed E-state index contributed by atoms with van der Waals surface area (Å²) in [4.78, 5) is 10.9. The van der Waals surface area contributed by atoms with E-state index in [0.717, 1.165) is 0 Å². The Morgan fingerprint density at radius 2 is 1.95 bits per heavy atom. The average Bonchev–Trinajstić information content (AvgIpc) is 2.75. The van der Waals surface area contributed by atoms with Crippen LogP contribution in [0.1, 0.15) is 28.1 Å². The van der Waals surface area contributed by atoms with Gasteiger partial charge in [-0.15, -0.1) is 11.3 Å². The standard InChI is InChI=1S/C11H15NO6S3/c1-7-6-9(19-10(7)11(13)14)21(17,18)12-8-2-4-20(15,16)5-3-8/h6,8,12H,2-5H2,1H3,(H,13,14). The Morgan fingerprint density at radius 1 is 1.38 bits per heavy atom. The van der Waals surface area contributed by atoms with Crippen molar-refractivity contribution < 1.29 is 26.7 Å². The van der Waals surface area contributed by atoms with E-state index in [2.05, 4.69) is 4.72 Å². The van der Waals surface area contributed by atoms with E-state index in [1.165, 1.54) is 13.0 Å². The molecule has 0 radical (unpaired) electrons. The van der Waals surface area contributed by atoms with E-state index in [-0.39, 0.29) is 33.4 Å². The van der Waals surface area contributed by atoms with E-state index in [1.807, 2.05) is 0 Å². The largest absolute Gasteiger partial charge is 0.477 e. The molecule has 10 heteroatoms. The van der Waals surface area contributed by atoms with Gasteiger partial charge in [0.15, 0.2) is 0 Å². The first kappa shape index (κ1) is 16.4. The number of hydrogen-bond donors (Lipinski definition) is 2. The number of thiophene rings is 1. The molecule has 7 nitrogen and oxygen atoms in total. The first-order valence-electron chi connectivity index (χ1n) is 6.17. The summed E-state index contributed by atoms with van der Waals surface area (Å²) >= 11 is 0.695. The lowest BCUT2D eigenvalue weighted by molar-refractivity contribution is 0.0701. The lowest BCUT2D eigenvalue weighted by Gasteiger charge is -2.22. The zero-order chi connectivity index (χ0) is 15.8. The molecule has 1 aromatic rings. The molecular formula is C11H15NO6S3. The van der Waals surface area contributed by atoms with Gasteiger partial charge in [0, 0.05) is 6.04 Å². The molecule has 118 valence electrons. The number of carboxylic acid groups (broad SMARTS) is 1. The highest BCUT2D eigenvalue weighted by Crippen LogP contribution is 2.26. The van der Waals surface area contributed by atoms with E-state index in [0.29, 0.717) is 16.9 Å². The van der Waals surface area contributed by atoms with E-state index in [1.54, 1.807) is 0 Å². The van der Waals surface area contributed by atoms with Gasteiger partial charge in [0.1, 0.15) is 18.9 Å². The van der Waals surface area contributed by atoms with E-state index in [9.17, 15) is 21.6 Å². The summed E-state index contributed by atoms with van der Waals surface area (Å²) in [6.45, 7) is 1.53. The molecule has 2 N–H and O–H groups in total. The fraction of sp³-hybridized carbons (Fsp3) is 0.545. The SMILES string of the molecule is Cc1cc(S(=O)(=O)NC2CCS(=O)(=O)CC2)sc1C(=O)O. The van der Waals surface area contributed by atoms with Crippen LogP contribution in [-0.4, -0.2) is 45.5 Å². The molecule has 0 amide bonds. The van der Waals surface area contributed by atoms with Crippen molar-refractivity contribution in [2.75, 3.05) is 11.5 Å². The quantitative estimate of drug-likeness (QED) is 0.819. The van der Waals surface area contributed by atoms with Crippen LogP contribution in [0.2, 0.25) is 0 Å². The maximum atomic E-state index is 12.2. The Balaban J connectivity index is 2.16. The number of rotatable bonds is 4. The van der Waals surface area contributed by atoms with Crippen LogP contribution in [0.25, 0.3) is 0 Å². The van der Waals surface area contributed by atoms with Crippen LogP contribution in [0.4, 0.5) is 0 Å². The average molecular weight is 353 g/mol. The van der Waals surface area contributed by atoms with Crippen LogP contribution in [0.3, 0.4) is 0 Å². The van der Waals surface area contributed by atoms with Crippen molar-refractivity contribution in [2.45, 2.75) is 30.0 Å². The second-order valence-electron chi connectivity index (χ2n) is 4.93. The monoisotopic (exact) mass is 353 g/mol. The molecule has 21 heavy (non-hydrogen) atoms. The second kappa shape index (κ2) is 5.67. The predicted molar refractivity (Wildman–Crippen MR) is 78.0 cm³/mol. The third kappa shape index (κ3) is 3.82. The van der Waals surface area contributed by atoms with E-state index < -0.39 is 31.9 Å². The van der Waals surface area contributed by atoms with Crippen LogP contribution >= 0.6 is 11.3 Å². The summed E-state index contributed by atoms with van der Waals surface area (Å²) in [5.74, 6) is -1.24. The fourth-order valence-corrected chi connectivity index (χ4v) is 6.27. The summed E-state index contributed by atoms with van der Waals surface area (Å²) < 4.78 is 49.4. The van der Waals surface area contributed by atoms with Crippen molar-refractivity contribution in [3.63, 3.8) is 0 Å². The smallest absolute Gasteiger partial charge is 0.346 e. The van der Waals surface area contributed by atoms with Crippen LogP contribution in [0.5, 0.6) is 0 Å². The molecule has 1 aliphatic rings. The fourth-order valence-electron chi connectivity index (χ4n) is 2.08. The molecule has 0 atom stereocenters. The number of carboxylic acids is 1. The van der Waals surface area contributed by atoms with Crippen LogP contribution < -0.4 is 4.72 Å². The first-order valence-corrected chi connectivity index (χ1v) is 10.3. The topological polar surface area (TPSA) is 118 Å². The Kier molecular flexibility index (Phi) is 4.43. The number of nitrogens with one attached hydrogen (secondary N) is 1. The summed E-state index contributed by atoms with van der Waals surface area (Å²) in [6, 6.07) is 0.880. The molecule has 1 aromatic heterocycles. The van der Waals surface area contributed by atoms with Crippen molar-refractivity contribution >= 4 is 37.2 Å². The summed E-state index contributed by atoms with van der Waals surface area (Å²) in [7, 11) is -6.88. The number of carbonyl (C=O) groups is 1. The van der Waals surface area contributed by atoms with Crippen molar-refractivity contribution in [3.8, 4) is 0 Å². The molecule has 2 heterocycles. The molecule has 2 rings (SSSR count). The molecule has 0 spiro atoms. The zero-order valence-corrected chi connectivity index (χ0v) is 13.6. The Hall–Kier alpha value is -0.970. The van der Waals surface area contributed by atoms with Gasteiger partial charge in [-0.3, -0.25) is 0 Å². The molecule has 1 saturated heterocycles. The zero-order valence-electron chi connectivity index (χ0n) is 11.2. The van der Waals surface area contributed by atoms with Crippen LogP contribution in [-0.2, 0) is 19.9 Å². The number of sulfonamides is 1. The minimum Gasteiger partial charge on any atom is -0.477 e. The van der Waals surface area contributed by atoms with Gasteiger partial charge in [-0.25, -0.2) is 26.4 Å². The normalized spacial score (nSPS) is 19.5. The second-order valence-corrected chi connectivity index (χ2v) is 10.2. The molecule has 1 fully saturated rings. The lowest BCUT2D eigenvalue weighted by Crippen LogP contribution is -2.40. The number of hydrogen-bond acceptors (Lipinski definition) is 6. The van der Waals surface area contributed by atoms with Gasteiger partial charge in [-0.2, -0.15) is 0 Å². The Morgan fingerprint density at radius 3 is 2.43 bits per heavy atom. The minimum absolute atomic E-state index is 0.0124. The third-order valence-electron chi connectivity index (χ3n) is 3.23. The molecule has 0 saturated carbocycles. The van der Waals surface area contributed by atoms with Crippen molar-refractivity contribution in [3.05, 3.63) is 16.5 Å². The number of sulfone groups is 1. The van der Waals surface area contributed by atoms with Gasteiger partial charge < -0.3 is 5.11 Å². The van der Waals surface area contributed by atoms with E-state index in [4.69, 9.17) is 5.11 Å². The number of aromatic carboxylic acids is 1. The molecule has 1 aliphatic heterocycles. The molecule has 0 aromatic carbocycles. The van der Waals surface area contributed by atoms with Crippen LogP contribution in [0.15, 0.2) is 10.3 Å². The van der Waals surface area contributed by atoms with Gasteiger partial charge in [-0.05, 0) is 31.4 Å². The summed E-state index contributed by atoms with van der Waals surface area (Å²) in [5.41, 5.74) is 0.388. The van der Waals surface area contributed by atoms with Gasteiger partial charge >= 0.3 is 5.97 Å². The van der Waals surface area contributed by atoms with Crippen molar-refractivity contribution in [1.82, 2.24) is 4.72 Å². The maximum absolute atomic E-state index is 12.2. The number of aryl methyl sites for hydroxylation is 1. The molecule has 0 aliphatic carbocycles. The Labute approximate surface area is 127 Å². The summed E-state index contributed by atoms with van der Waals surface area (Å²) in [5, 5.41) is 8.95. The summed E-state index contributed by atoms with van der Waals surface area (Å²) in [6.07, 6.45) is 0.468. The highest BCUT2D eigenvalue weighted by atomic mass is 32.2. The highest BCUT2D eigenvalue weighted by molar-refractivity contribution is 7.92. The van der Waals surface area contributed by atoms with E-state index >= 15 is 0 Å². The van der Waals surface area contributed by atoms with Gasteiger partial charge in [0.25, 0.3) is 0 Å². The van der Waals surface area contributed by atoms with Gasteiger partial charge in [-0.1, -0.05) is 0 Å². The molecule has 0 unspecified atom stereocenters. The van der Waals surface area contributed by atoms with Gasteiger partial charge in [0.05, 0.1) is 11.5 Å². The predicted octanol–water partition coefficient (Wildman–Crippen LogP) is 0.610. The minimum atomic E-state index is -3.82. The highest BCUT2D eigenvalue weighted by Gasteiger charge is 2.29. The van der Waals surface area contributed by atoms with Crippen molar-refractivity contribution in [2.24, 2.45) is 0 Å². The third-order valence-corrected chi connectivity index (χ3v) is 8.17.